The van der Waals surface area contributed by atoms with Gasteiger partial charge in [-0.15, -0.1) is 0 Å². The van der Waals surface area contributed by atoms with Gasteiger partial charge in [0.25, 0.3) is 5.91 Å². The highest BCUT2D eigenvalue weighted by atomic mass is 79.9. The lowest BCUT2D eigenvalue weighted by molar-refractivity contribution is -0.114. The highest BCUT2D eigenvalue weighted by Crippen LogP contribution is 2.39. The number of carbonyl (C=O) groups is 1. The van der Waals surface area contributed by atoms with E-state index in [0.717, 1.165) is 42.4 Å². The predicted octanol–water partition coefficient (Wildman–Crippen LogP) is 8.46. The second kappa shape index (κ2) is 16.3. The van der Waals surface area contributed by atoms with E-state index in [1.165, 1.54) is 55.3 Å². The first kappa shape index (κ1) is 33.1. The van der Waals surface area contributed by atoms with Gasteiger partial charge in [0.15, 0.2) is 17.3 Å². The van der Waals surface area contributed by atoms with Gasteiger partial charge in [-0.05, 0) is 102 Å². The summed E-state index contributed by atoms with van der Waals surface area (Å²) in [4.78, 5) is 17.3. The van der Waals surface area contributed by atoms with Gasteiger partial charge in [0.2, 0.25) is 5.17 Å². The Balaban J connectivity index is 1.19. The fraction of sp³-hybridized carbons (Fsp3) is 0.471. The number of amides is 1. The highest BCUT2D eigenvalue weighted by Gasteiger charge is 2.38. The second-order valence-electron chi connectivity index (χ2n) is 11.1. The minimum absolute atomic E-state index is 0.0291. The van der Waals surface area contributed by atoms with Gasteiger partial charge in [0, 0.05) is 5.92 Å². The Kier molecular flexibility index (Phi) is 12.0. The average Bonchev–Trinajstić information content (AvgIpc) is 3.48. The number of halogens is 1. The molecule has 2 aliphatic heterocycles. The minimum atomic E-state index is -0.447. The maximum Gasteiger partial charge on any atom is 0.283 e. The summed E-state index contributed by atoms with van der Waals surface area (Å²) in [5.41, 5.74) is 0.856. The molecule has 2 aromatic carbocycles. The normalized spacial score (nSPS) is 17.7. The van der Waals surface area contributed by atoms with Gasteiger partial charge in [0.1, 0.15) is 29.8 Å². The molecule has 0 bridgehead atoms. The van der Waals surface area contributed by atoms with Gasteiger partial charge >= 0.3 is 0 Å². The van der Waals surface area contributed by atoms with E-state index in [1.807, 2.05) is 37.3 Å². The summed E-state index contributed by atoms with van der Waals surface area (Å²) in [5, 5.41) is 16.4. The SMILES string of the molecule is CCCCCCOc1ccc(OCCOc2c(Br)cc(/C=C3/C(=N)N4N=C(C5CCCCC5)SC4=NC3=O)cc2OCC)cc1. The topological polar surface area (TPSA) is 106 Å². The van der Waals surface area contributed by atoms with Crippen molar-refractivity contribution in [3.8, 4) is 23.0 Å². The number of hydrogen-bond acceptors (Lipinski definition) is 8. The molecule has 0 atom stereocenters. The molecule has 0 unspecified atom stereocenters. The Bertz CT molecular complexity index is 1450. The van der Waals surface area contributed by atoms with Crippen LogP contribution in [0.4, 0.5) is 0 Å². The largest absolute Gasteiger partial charge is 0.494 e. The molecule has 0 spiro atoms. The molecule has 1 aliphatic carbocycles. The summed E-state index contributed by atoms with van der Waals surface area (Å²) in [5.74, 6) is 2.59. The van der Waals surface area contributed by atoms with Gasteiger partial charge in [-0.1, -0.05) is 45.4 Å². The van der Waals surface area contributed by atoms with Gasteiger partial charge < -0.3 is 18.9 Å². The van der Waals surface area contributed by atoms with Gasteiger partial charge in [-0.25, -0.2) is 0 Å². The molecule has 240 valence electrons. The van der Waals surface area contributed by atoms with Gasteiger partial charge in [-0.3, -0.25) is 10.2 Å². The number of nitrogens with zero attached hydrogens (tertiary/aromatic N) is 3. The van der Waals surface area contributed by atoms with E-state index in [4.69, 9.17) is 29.5 Å². The summed E-state index contributed by atoms with van der Waals surface area (Å²) in [6.45, 7) is 5.88. The van der Waals surface area contributed by atoms with E-state index in [-0.39, 0.29) is 11.4 Å². The zero-order valence-electron chi connectivity index (χ0n) is 26.0. The first-order valence-corrected chi connectivity index (χ1v) is 17.5. The molecule has 1 fully saturated rings. The zero-order valence-corrected chi connectivity index (χ0v) is 28.4. The summed E-state index contributed by atoms with van der Waals surface area (Å²) < 4.78 is 24.3. The lowest BCUT2D eigenvalue weighted by Gasteiger charge is -2.20. The molecule has 2 heterocycles. The van der Waals surface area contributed by atoms with E-state index in [9.17, 15) is 4.79 Å². The molecule has 0 aromatic heterocycles. The summed E-state index contributed by atoms with van der Waals surface area (Å²) in [7, 11) is 0. The van der Waals surface area contributed by atoms with E-state index in [1.54, 1.807) is 12.1 Å². The molecule has 11 heteroatoms. The average molecular weight is 698 g/mol. The quantitative estimate of drug-likeness (QED) is 0.147. The monoisotopic (exact) mass is 696 g/mol. The van der Waals surface area contributed by atoms with Gasteiger partial charge in [-0.2, -0.15) is 15.1 Å². The van der Waals surface area contributed by atoms with Crippen molar-refractivity contribution in [1.29, 1.82) is 5.41 Å². The molecule has 5 rings (SSSR count). The number of nitrogens with one attached hydrogen (secondary N) is 1. The molecule has 0 saturated heterocycles. The Morgan fingerprint density at radius 3 is 2.38 bits per heavy atom. The van der Waals surface area contributed by atoms with Crippen LogP contribution in [-0.4, -0.2) is 53.4 Å². The van der Waals surface area contributed by atoms with Crippen LogP contribution in [0.5, 0.6) is 23.0 Å². The van der Waals surface area contributed by atoms with Crippen molar-refractivity contribution in [2.75, 3.05) is 26.4 Å². The molecule has 45 heavy (non-hydrogen) atoms. The number of thioether (sulfide) groups is 1. The van der Waals surface area contributed by atoms with Crippen molar-refractivity contribution in [3.05, 3.63) is 52.0 Å². The van der Waals surface area contributed by atoms with Crippen molar-refractivity contribution >= 4 is 55.7 Å². The standard InChI is InChI=1S/C34H41BrN4O5S/c1-3-5-6-10-17-42-25-13-15-26(16-14-25)43-18-19-44-30-28(35)21-23(22-29(30)41-4-2)20-27-31(36)39-34(37-32(27)40)45-33(38-39)24-11-8-7-9-12-24/h13-16,20-22,24,36H,3-12,17-19H2,1-2H3/b27-20-,36-31?. The number of rotatable bonds is 15. The van der Waals surface area contributed by atoms with Crippen molar-refractivity contribution in [1.82, 2.24) is 5.01 Å². The van der Waals surface area contributed by atoms with Crippen LogP contribution in [0, 0.1) is 11.3 Å². The fourth-order valence-electron chi connectivity index (χ4n) is 5.42. The molecule has 1 amide bonds. The maximum atomic E-state index is 13.0. The first-order valence-electron chi connectivity index (χ1n) is 15.9. The molecule has 1 saturated carbocycles. The third kappa shape index (κ3) is 8.70. The van der Waals surface area contributed by atoms with Crippen LogP contribution < -0.4 is 18.9 Å². The zero-order chi connectivity index (χ0) is 31.6. The maximum absolute atomic E-state index is 13.0. The molecule has 3 aliphatic rings. The molecule has 1 N–H and O–H groups in total. The number of benzene rings is 2. The molecule has 0 radical (unpaired) electrons. The second-order valence-corrected chi connectivity index (χ2v) is 13.0. The number of amidine groups is 2. The van der Waals surface area contributed by atoms with Crippen LogP contribution in [0.1, 0.15) is 77.2 Å². The molecular formula is C34H41BrN4O5S. The fourth-order valence-corrected chi connectivity index (χ4v) is 7.05. The Morgan fingerprint density at radius 1 is 0.956 bits per heavy atom. The van der Waals surface area contributed by atoms with Crippen LogP contribution in [0.2, 0.25) is 0 Å². The van der Waals surface area contributed by atoms with Crippen molar-refractivity contribution in [2.24, 2.45) is 16.0 Å². The number of hydrogen-bond donors (Lipinski definition) is 1. The van der Waals surface area contributed by atoms with Crippen molar-refractivity contribution in [3.63, 3.8) is 0 Å². The number of carbonyl (C=O) groups excluding carboxylic acids is 1. The number of unbranched alkanes of at least 4 members (excludes halogenated alkanes) is 3. The third-order valence-electron chi connectivity index (χ3n) is 7.76. The molecular weight excluding hydrogens is 656 g/mol. The lowest BCUT2D eigenvalue weighted by Crippen LogP contribution is -2.35. The van der Waals surface area contributed by atoms with Crippen LogP contribution >= 0.6 is 27.7 Å². The molecule has 2 aromatic rings. The van der Waals surface area contributed by atoms with Crippen LogP contribution in [0.15, 0.2) is 56.5 Å². The van der Waals surface area contributed by atoms with E-state index in [2.05, 4.69) is 27.8 Å². The Hall–Kier alpha value is -3.31. The smallest absolute Gasteiger partial charge is 0.283 e. The van der Waals surface area contributed by atoms with Gasteiger partial charge in [0.05, 0.1) is 23.3 Å². The summed E-state index contributed by atoms with van der Waals surface area (Å²) >= 11 is 5.03. The van der Waals surface area contributed by atoms with Crippen LogP contribution in [0.3, 0.4) is 0 Å². The highest BCUT2D eigenvalue weighted by molar-refractivity contribution is 9.10. The Morgan fingerprint density at radius 2 is 1.67 bits per heavy atom. The third-order valence-corrected chi connectivity index (χ3v) is 9.42. The summed E-state index contributed by atoms with van der Waals surface area (Å²) in [6, 6.07) is 11.3. The first-order chi connectivity index (χ1) is 22.0. The number of ether oxygens (including phenoxy) is 4. The van der Waals surface area contributed by atoms with E-state index >= 15 is 0 Å². The van der Waals surface area contributed by atoms with Crippen LogP contribution in [-0.2, 0) is 4.79 Å². The van der Waals surface area contributed by atoms with E-state index in [0.29, 0.717) is 52.4 Å². The molecule has 9 nitrogen and oxygen atoms in total. The predicted molar refractivity (Wildman–Crippen MR) is 184 cm³/mol. The van der Waals surface area contributed by atoms with Crippen LogP contribution in [0.25, 0.3) is 6.08 Å². The Labute approximate surface area is 278 Å². The van der Waals surface area contributed by atoms with E-state index < -0.39 is 5.91 Å². The van der Waals surface area contributed by atoms with Crippen molar-refractivity contribution in [2.45, 2.75) is 71.6 Å². The summed E-state index contributed by atoms with van der Waals surface area (Å²) in [6.07, 6.45) is 12.2. The van der Waals surface area contributed by atoms with Crippen molar-refractivity contribution < 1.29 is 23.7 Å². The minimum Gasteiger partial charge on any atom is -0.494 e. The number of fused-ring (bicyclic) bond motifs is 1. The number of aliphatic imine (C=N–C) groups is 1. The number of hydrazone groups is 1. The lowest BCUT2D eigenvalue weighted by atomic mass is 9.90.